The highest BCUT2D eigenvalue weighted by Gasteiger charge is 2.34. The summed E-state index contributed by atoms with van der Waals surface area (Å²) < 4.78 is 12.7. The monoisotopic (exact) mass is 389 g/mol. The van der Waals surface area contributed by atoms with E-state index in [-0.39, 0.29) is 28.5 Å². The van der Waals surface area contributed by atoms with Crippen molar-refractivity contribution < 1.29 is 14.3 Å². The summed E-state index contributed by atoms with van der Waals surface area (Å²) in [6.07, 6.45) is 4.29. The predicted octanol–water partition coefficient (Wildman–Crippen LogP) is 3.08. The Balaban J connectivity index is 1.85. The highest BCUT2D eigenvalue weighted by molar-refractivity contribution is 8.00. The highest BCUT2D eigenvalue weighted by Crippen LogP contribution is 2.45. The first-order valence-electron chi connectivity index (χ1n) is 9.10. The van der Waals surface area contributed by atoms with Gasteiger partial charge in [-0.1, -0.05) is 18.9 Å². The summed E-state index contributed by atoms with van der Waals surface area (Å²) in [5.41, 5.74) is 1.28. The van der Waals surface area contributed by atoms with Crippen LogP contribution in [0.5, 0.6) is 11.5 Å². The van der Waals surface area contributed by atoms with Crippen molar-refractivity contribution in [2.45, 2.75) is 37.0 Å². The first-order chi connectivity index (χ1) is 13.1. The molecule has 7 nitrogen and oxygen atoms in total. The van der Waals surface area contributed by atoms with E-state index in [1.807, 2.05) is 16.8 Å². The van der Waals surface area contributed by atoms with Crippen molar-refractivity contribution in [3.63, 3.8) is 0 Å². The summed E-state index contributed by atoms with van der Waals surface area (Å²) >= 11 is 1.43. The molecule has 2 heterocycles. The van der Waals surface area contributed by atoms with E-state index in [2.05, 4.69) is 10.4 Å². The Morgan fingerprint density at radius 3 is 2.63 bits per heavy atom. The van der Waals surface area contributed by atoms with Crippen LogP contribution in [-0.4, -0.2) is 35.7 Å². The van der Waals surface area contributed by atoms with E-state index in [4.69, 9.17) is 9.47 Å². The first-order valence-corrected chi connectivity index (χ1v) is 10.1. The van der Waals surface area contributed by atoms with Crippen LogP contribution >= 0.6 is 11.8 Å². The van der Waals surface area contributed by atoms with E-state index in [1.54, 1.807) is 20.3 Å². The second-order valence-electron chi connectivity index (χ2n) is 6.86. The fourth-order valence-corrected chi connectivity index (χ4v) is 5.11. The molecule has 8 heteroatoms. The van der Waals surface area contributed by atoms with E-state index in [0.29, 0.717) is 22.9 Å². The summed E-state index contributed by atoms with van der Waals surface area (Å²) in [6.45, 7) is 0. The normalized spacial score (nSPS) is 20.1. The van der Waals surface area contributed by atoms with Crippen LogP contribution in [0.25, 0.3) is 0 Å². The zero-order chi connectivity index (χ0) is 19.0. The summed E-state index contributed by atoms with van der Waals surface area (Å²) in [4.78, 5) is 25.2. The molecule has 2 N–H and O–H groups in total. The van der Waals surface area contributed by atoms with Gasteiger partial charge < -0.3 is 14.8 Å². The van der Waals surface area contributed by atoms with Gasteiger partial charge in [-0.15, -0.1) is 11.8 Å². The van der Waals surface area contributed by atoms with E-state index in [9.17, 15) is 9.59 Å². The lowest BCUT2D eigenvalue weighted by Crippen LogP contribution is -2.18. The lowest BCUT2D eigenvalue weighted by atomic mass is 10.0. The highest BCUT2D eigenvalue weighted by atomic mass is 32.2. The van der Waals surface area contributed by atoms with Gasteiger partial charge in [-0.3, -0.25) is 19.4 Å². The third kappa shape index (κ3) is 3.22. The first kappa shape index (κ1) is 18.0. The molecule has 1 saturated carbocycles. The predicted molar refractivity (Wildman–Crippen MR) is 105 cm³/mol. The Labute approximate surface area is 161 Å². The number of rotatable bonds is 4. The molecular formula is C19H23N3O4S. The zero-order valence-electron chi connectivity index (χ0n) is 15.4. The number of benzene rings is 1. The van der Waals surface area contributed by atoms with Gasteiger partial charge in [-0.25, -0.2) is 0 Å². The van der Waals surface area contributed by atoms with Crippen LogP contribution in [0.15, 0.2) is 23.0 Å². The molecule has 0 saturated heterocycles. The molecular weight excluding hydrogens is 366 g/mol. The molecule has 27 heavy (non-hydrogen) atoms. The third-order valence-corrected chi connectivity index (χ3v) is 6.53. The van der Waals surface area contributed by atoms with Gasteiger partial charge in [0.25, 0.3) is 5.56 Å². The number of amides is 1. The number of thioether (sulfide) groups is 1. The van der Waals surface area contributed by atoms with Gasteiger partial charge in [0.15, 0.2) is 0 Å². The largest absolute Gasteiger partial charge is 0.497 e. The van der Waals surface area contributed by atoms with Crippen LogP contribution in [0.4, 0.5) is 5.82 Å². The molecule has 1 atom stereocenters. The Bertz CT molecular complexity index is 914. The van der Waals surface area contributed by atoms with E-state index in [1.165, 1.54) is 11.8 Å². The maximum absolute atomic E-state index is 12.9. The number of H-pyrrole nitrogens is 1. The molecule has 2 aromatic rings. The van der Waals surface area contributed by atoms with Crippen molar-refractivity contribution in [2.75, 3.05) is 25.3 Å². The van der Waals surface area contributed by atoms with Gasteiger partial charge in [-0.2, -0.15) is 0 Å². The molecule has 1 aliphatic carbocycles. The van der Waals surface area contributed by atoms with Gasteiger partial charge in [0.1, 0.15) is 17.3 Å². The van der Waals surface area contributed by atoms with Crippen LogP contribution < -0.4 is 20.3 Å². The number of nitrogens with zero attached hydrogens (tertiary/aromatic N) is 1. The van der Waals surface area contributed by atoms with Gasteiger partial charge >= 0.3 is 0 Å². The Kier molecular flexibility index (Phi) is 4.90. The number of fused-ring (bicyclic) bond motifs is 1. The molecule has 1 aliphatic heterocycles. The quantitative estimate of drug-likeness (QED) is 0.839. The number of methoxy groups -OCH3 is 2. The second-order valence-corrected chi connectivity index (χ2v) is 7.95. The number of hydrogen-bond donors (Lipinski definition) is 2. The van der Waals surface area contributed by atoms with Crippen LogP contribution in [0.3, 0.4) is 0 Å². The van der Waals surface area contributed by atoms with Gasteiger partial charge in [0.2, 0.25) is 5.91 Å². The van der Waals surface area contributed by atoms with Crippen molar-refractivity contribution in [3.05, 3.63) is 39.7 Å². The lowest BCUT2D eigenvalue weighted by Gasteiger charge is -2.18. The zero-order valence-corrected chi connectivity index (χ0v) is 16.2. The van der Waals surface area contributed by atoms with Crippen molar-refractivity contribution >= 4 is 23.5 Å². The Morgan fingerprint density at radius 1 is 1.15 bits per heavy atom. The minimum atomic E-state index is -0.300. The molecule has 144 valence electrons. The number of ether oxygens (including phenoxy) is 2. The molecule has 0 radical (unpaired) electrons. The third-order valence-electron chi connectivity index (χ3n) is 5.28. The molecule has 1 unspecified atom stereocenters. The number of aromatic nitrogens is 2. The van der Waals surface area contributed by atoms with Crippen molar-refractivity contribution in [2.24, 2.45) is 0 Å². The average molecular weight is 389 g/mol. The van der Waals surface area contributed by atoms with Gasteiger partial charge in [-0.05, 0) is 18.9 Å². The summed E-state index contributed by atoms with van der Waals surface area (Å²) in [5, 5.41) is 5.63. The molecule has 1 aromatic carbocycles. The molecule has 4 rings (SSSR count). The number of carbonyl (C=O) groups is 1. The fourth-order valence-electron chi connectivity index (χ4n) is 3.96. The topological polar surface area (TPSA) is 85.4 Å². The fraction of sp³-hybridized carbons (Fsp3) is 0.474. The lowest BCUT2D eigenvalue weighted by molar-refractivity contribution is -0.113. The van der Waals surface area contributed by atoms with Crippen LogP contribution in [-0.2, 0) is 4.79 Å². The number of aromatic amines is 1. The standard InChI is InChI=1S/C19H23N3O4S/c1-25-12-7-8-13(14(9-12)26-2)17-16-18(20-15(23)10-27-17)22(21-19(16)24)11-5-3-4-6-11/h7-9,11,17H,3-6,10H2,1-2H3,(H,20,23)(H,21,24). The van der Waals surface area contributed by atoms with E-state index < -0.39 is 0 Å². The summed E-state index contributed by atoms with van der Waals surface area (Å²) in [7, 11) is 3.19. The number of nitrogens with one attached hydrogen (secondary N) is 2. The number of carbonyl (C=O) groups excluding carboxylic acids is 1. The molecule has 1 fully saturated rings. The second kappa shape index (κ2) is 7.34. The SMILES string of the molecule is COc1ccc(C2SCC(=O)Nc3c2c(=O)[nH]n3C2CCCC2)c(OC)c1. The van der Waals surface area contributed by atoms with Gasteiger partial charge in [0.05, 0.1) is 36.8 Å². The maximum Gasteiger partial charge on any atom is 0.270 e. The Morgan fingerprint density at radius 2 is 1.93 bits per heavy atom. The van der Waals surface area contributed by atoms with E-state index >= 15 is 0 Å². The van der Waals surface area contributed by atoms with Crippen LogP contribution in [0.2, 0.25) is 0 Å². The maximum atomic E-state index is 12.9. The number of hydrogen-bond acceptors (Lipinski definition) is 5. The molecule has 0 spiro atoms. The summed E-state index contributed by atoms with van der Waals surface area (Å²) in [6, 6.07) is 5.78. The molecule has 2 aliphatic rings. The Hall–Kier alpha value is -2.35. The number of anilines is 1. The molecule has 1 aromatic heterocycles. The summed E-state index contributed by atoms with van der Waals surface area (Å²) in [5.74, 6) is 2.10. The smallest absolute Gasteiger partial charge is 0.270 e. The van der Waals surface area contributed by atoms with Crippen molar-refractivity contribution in [3.8, 4) is 11.5 Å². The van der Waals surface area contributed by atoms with Crippen molar-refractivity contribution in [1.29, 1.82) is 0 Å². The van der Waals surface area contributed by atoms with Crippen LogP contribution in [0, 0.1) is 0 Å². The van der Waals surface area contributed by atoms with Crippen molar-refractivity contribution in [1.82, 2.24) is 9.78 Å². The van der Waals surface area contributed by atoms with Crippen LogP contribution in [0.1, 0.15) is 48.1 Å². The average Bonchev–Trinajstić information content (AvgIpc) is 3.27. The van der Waals surface area contributed by atoms with Gasteiger partial charge in [0, 0.05) is 11.6 Å². The molecule has 0 bridgehead atoms. The minimum Gasteiger partial charge on any atom is -0.497 e. The van der Waals surface area contributed by atoms with E-state index in [0.717, 1.165) is 31.2 Å². The molecule has 1 amide bonds. The minimum absolute atomic E-state index is 0.0954.